The van der Waals surface area contributed by atoms with E-state index in [-0.39, 0.29) is 29.2 Å². The maximum Gasteiger partial charge on any atom is 0.255 e. The standard InChI is InChI=1S/C21H19FN2O2/c1-12-9-10-14-15(7-4-8-18(14)22)19(12)24-21(26)17-11-23-20(25)16-6-3-2-5-13(16)17/h2-8,11-12,19H,9-10H2,1H3,(H,23,25)(H,24,26). The molecule has 2 aromatic carbocycles. The van der Waals surface area contributed by atoms with Crippen molar-refractivity contribution in [2.24, 2.45) is 5.92 Å². The molecular weight excluding hydrogens is 331 g/mol. The zero-order valence-corrected chi connectivity index (χ0v) is 14.4. The Morgan fingerprint density at radius 3 is 2.73 bits per heavy atom. The summed E-state index contributed by atoms with van der Waals surface area (Å²) in [7, 11) is 0. The van der Waals surface area contributed by atoms with Gasteiger partial charge in [0.05, 0.1) is 11.6 Å². The van der Waals surface area contributed by atoms with Crippen LogP contribution in [0.5, 0.6) is 0 Å². The first-order chi connectivity index (χ1) is 12.6. The van der Waals surface area contributed by atoms with Gasteiger partial charge in [0.1, 0.15) is 5.82 Å². The van der Waals surface area contributed by atoms with Crippen LogP contribution in [0.2, 0.25) is 0 Å². The second-order valence-corrected chi connectivity index (χ2v) is 6.85. The third-order valence-corrected chi connectivity index (χ3v) is 5.25. The topological polar surface area (TPSA) is 62.0 Å². The summed E-state index contributed by atoms with van der Waals surface area (Å²) in [5.74, 6) is -0.295. The molecule has 5 heteroatoms. The number of benzene rings is 2. The van der Waals surface area contributed by atoms with Gasteiger partial charge in [0.15, 0.2) is 0 Å². The highest BCUT2D eigenvalue weighted by Gasteiger charge is 2.30. The van der Waals surface area contributed by atoms with Gasteiger partial charge in [-0.15, -0.1) is 0 Å². The van der Waals surface area contributed by atoms with Gasteiger partial charge in [-0.3, -0.25) is 9.59 Å². The van der Waals surface area contributed by atoms with Gasteiger partial charge in [0.25, 0.3) is 11.5 Å². The fourth-order valence-electron chi connectivity index (χ4n) is 3.81. The zero-order chi connectivity index (χ0) is 18.3. The Morgan fingerprint density at radius 2 is 1.92 bits per heavy atom. The Kier molecular flexibility index (Phi) is 4.07. The highest BCUT2D eigenvalue weighted by Crippen LogP contribution is 2.35. The molecule has 4 rings (SSSR count). The van der Waals surface area contributed by atoms with Crippen molar-refractivity contribution in [3.8, 4) is 0 Å². The average molecular weight is 350 g/mol. The Labute approximate surface area is 150 Å². The van der Waals surface area contributed by atoms with Crippen molar-refractivity contribution < 1.29 is 9.18 Å². The molecule has 0 aliphatic heterocycles. The first-order valence-corrected chi connectivity index (χ1v) is 8.75. The van der Waals surface area contributed by atoms with E-state index in [4.69, 9.17) is 0 Å². The number of carbonyl (C=O) groups is 1. The first kappa shape index (κ1) is 16.5. The molecule has 0 bridgehead atoms. The fourth-order valence-corrected chi connectivity index (χ4v) is 3.81. The molecular formula is C21H19FN2O2. The average Bonchev–Trinajstić information content (AvgIpc) is 2.65. The zero-order valence-electron chi connectivity index (χ0n) is 14.4. The molecule has 1 aromatic heterocycles. The van der Waals surface area contributed by atoms with Crippen LogP contribution in [-0.4, -0.2) is 10.9 Å². The lowest BCUT2D eigenvalue weighted by atomic mass is 9.80. The molecule has 26 heavy (non-hydrogen) atoms. The molecule has 0 spiro atoms. The van der Waals surface area contributed by atoms with Crippen molar-refractivity contribution in [3.63, 3.8) is 0 Å². The summed E-state index contributed by atoms with van der Waals surface area (Å²) >= 11 is 0. The van der Waals surface area contributed by atoms with E-state index in [1.807, 2.05) is 6.07 Å². The number of nitrogens with one attached hydrogen (secondary N) is 2. The van der Waals surface area contributed by atoms with Crippen LogP contribution in [0.15, 0.2) is 53.5 Å². The van der Waals surface area contributed by atoms with Crippen molar-refractivity contribution in [2.45, 2.75) is 25.8 Å². The fraction of sp³-hybridized carbons (Fsp3) is 0.238. The van der Waals surface area contributed by atoms with Crippen LogP contribution in [0.4, 0.5) is 4.39 Å². The summed E-state index contributed by atoms with van der Waals surface area (Å²) in [5.41, 5.74) is 1.71. The summed E-state index contributed by atoms with van der Waals surface area (Å²) in [4.78, 5) is 27.5. The van der Waals surface area contributed by atoms with Gasteiger partial charge in [0.2, 0.25) is 0 Å². The number of aromatic nitrogens is 1. The van der Waals surface area contributed by atoms with Crippen molar-refractivity contribution >= 4 is 16.7 Å². The van der Waals surface area contributed by atoms with Crippen molar-refractivity contribution in [1.82, 2.24) is 10.3 Å². The van der Waals surface area contributed by atoms with Gasteiger partial charge in [-0.1, -0.05) is 37.3 Å². The summed E-state index contributed by atoms with van der Waals surface area (Å²) in [6.45, 7) is 2.06. The van der Waals surface area contributed by atoms with E-state index in [2.05, 4.69) is 17.2 Å². The van der Waals surface area contributed by atoms with Crippen molar-refractivity contribution in [2.75, 3.05) is 0 Å². The second kappa shape index (κ2) is 6.41. The lowest BCUT2D eigenvalue weighted by molar-refractivity contribution is 0.0920. The Balaban J connectivity index is 1.73. The van der Waals surface area contributed by atoms with E-state index in [0.29, 0.717) is 28.3 Å². The van der Waals surface area contributed by atoms with Gasteiger partial charge in [-0.05, 0) is 42.0 Å². The number of hydrogen-bond donors (Lipinski definition) is 2. The number of aromatic amines is 1. The highest BCUT2D eigenvalue weighted by molar-refractivity contribution is 6.06. The molecule has 1 aliphatic carbocycles. The van der Waals surface area contributed by atoms with E-state index in [1.54, 1.807) is 30.3 Å². The molecule has 3 aromatic rings. The van der Waals surface area contributed by atoms with E-state index >= 15 is 0 Å². The lowest BCUT2D eigenvalue weighted by Gasteiger charge is -2.32. The number of H-pyrrole nitrogens is 1. The summed E-state index contributed by atoms with van der Waals surface area (Å²) in [6, 6.07) is 11.8. The van der Waals surface area contributed by atoms with Crippen LogP contribution in [0, 0.1) is 11.7 Å². The van der Waals surface area contributed by atoms with E-state index < -0.39 is 0 Å². The number of hydrogen-bond acceptors (Lipinski definition) is 2. The SMILES string of the molecule is CC1CCc2c(F)cccc2C1NC(=O)c1c[nH]c(=O)c2ccccc12. The van der Waals surface area contributed by atoms with Gasteiger partial charge in [-0.25, -0.2) is 4.39 Å². The third kappa shape index (κ3) is 2.69. The smallest absolute Gasteiger partial charge is 0.255 e. The molecule has 4 nitrogen and oxygen atoms in total. The summed E-state index contributed by atoms with van der Waals surface area (Å²) in [6.07, 6.45) is 2.93. The van der Waals surface area contributed by atoms with Gasteiger partial charge >= 0.3 is 0 Å². The van der Waals surface area contributed by atoms with Crippen LogP contribution >= 0.6 is 0 Å². The molecule has 0 saturated heterocycles. The van der Waals surface area contributed by atoms with Gasteiger partial charge < -0.3 is 10.3 Å². The van der Waals surface area contributed by atoms with Crippen LogP contribution in [-0.2, 0) is 6.42 Å². The Bertz CT molecular complexity index is 1060. The number of fused-ring (bicyclic) bond motifs is 2. The highest BCUT2D eigenvalue weighted by atomic mass is 19.1. The summed E-state index contributed by atoms with van der Waals surface area (Å²) in [5, 5.41) is 4.14. The molecule has 0 fully saturated rings. The van der Waals surface area contributed by atoms with Crippen molar-refractivity contribution in [3.05, 3.63) is 81.5 Å². The van der Waals surface area contributed by atoms with Gasteiger partial charge in [0, 0.05) is 17.0 Å². The molecule has 1 heterocycles. The van der Waals surface area contributed by atoms with Crippen molar-refractivity contribution in [1.29, 1.82) is 0 Å². The Hall–Kier alpha value is -2.95. The monoisotopic (exact) mass is 350 g/mol. The van der Waals surface area contributed by atoms with Crippen LogP contribution < -0.4 is 10.9 Å². The predicted molar refractivity (Wildman–Crippen MR) is 98.7 cm³/mol. The molecule has 0 saturated carbocycles. The van der Waals surface area contributed by atoms with Crippen LogP contribution in [0.25, 0.3) is 10.8 Å². The minimum atomic E-state index is -0.272. The van der Waals surface area contributed by atoms with E-state index in [1.165, 1.54) is 12.3 Å². The minimum absolute atomic E-state index is 0.197. The molecule has 2 atom stereocenters. The normalized spacial score (nSPS) is 19.2. The maximum absolute atomic E-state index is 14.1. The van der Waals surface area contributed by atoms with Crippen LogP contribution in [0.3, 0.4) is 0 Å². The van der Waals surface area contributed by atoms with Crippen LogP contribution in [0.1, 0.15) is 40.9 Å². The maximum atomic E-state index is 14.1. The number of carbonyl (C=O) groups excluding carboxylic acids is 1. The Morgan fingerprint density at radius 1 is 1.15 bits per heavy atom. The summed E-state index contributed by atoms with van der Waals surface area (Å²) < 4.78 is 14.1. The predicted octanol–water partition coefficient (Wildman–Crippen LogP) is 3.72. The number of halogens is 1. The molecule has 1 aliphatic rings. The van der Waals surface area contributed by atoms with Gasteiger partial charge in [-0.2, -0.15) is 0 Å². The lowest BCUT2D eigenvalue weighted by Crippen LogP contribution is -2.36. The molecule has 2 unspecified atom stereocenters. The van der Waals surface area contributed by atoms with E-state index in [0.717, 1.165) is 12.0 Å². The molecule has 132 valence electrons. The van der Waals surface area contributed by atoms with E-state index in [9.17, 15) is 14.0 Å². The number of amides is 1. The quantitative estimate of drug-likeness (QED) is 0.740. The second-order valence-electron chi connectivity index (χ2n) is 6.85. The number of pyridine rings is 1. The minimum Gasteiger partial charge on any atom is -0.345 e. The molecule has 1 amide bonds. The molecule has 2 N–H and O–H groups in total. The first-order valence-electron chi connectivity index (χ1n) is 8.75. The molecule has 0 radical (unpaired) electrons. The largest absolute Gasteiger partial charge is 0.345 e. The number of rotatable bonds is 2. The third-order valence-electron chi connectivity index (χ3n) is 5.25.